The Hall–Kier alpha value is -2.81. The van der Waals surface area contributed by atoms with Gasteiger partial charge in [0, 0.05) is 23.6 Å². The van der Waals surface area contributed by atoms with Crippen LogP contribution >= 0.6 is 0 Å². The van der Waals surface area contributed by atoms with Gasteiger partial charge in [-0.3, -0.25) is 9.78 Å². The van der Waals surface area contributed by atoms with Crippen LogP contribution in [0.1, 0.15) is 21.5 Å². The minimum absolute atomic E-state index is 0.0425. The molecule has 1 aromatic heterocycles. The molecule has 1 N–H and O–H groups in total. The number of pyridine rings is 1. The fraction of sp³-hybridized carbons (Fsp3) is 0.0667. The van der Waals surface area contributed by atoms with E-state index in [0.717, 1.165) is 12.1 Å². The largest absolute Gasteiger partial charge is 0.416 e. The first-order chi connectivity index (χ1) is 9.90. The molecule has 0 fully saturated rings. The molecule has 3 nitrogen and oxygen atoms in total. The summed E-state index contributed by atoms with van der Waals surface area (Å²) in [4.78, 5) is 15.7. The van der Waals surface area contributed by atoms with Gasteiger partial charge >= 0.3 is 6.18 Å². The summed E-state index contributed by atoms with van der Waals surface area (Å²) in [6.45, 7) is 0. The minimum atomic E-state index is -4.47. The van der Waals surface area contributed by atoms with Crippen LogP contribution in [-0.2, 0) is 6.18 Å². The highest BCUT2D eigenvalue weighted by Crippen LogP contribution is 2.30. The Bertz CT molecular complexity index is 717. The van der Waals surface area contributed by atoms with Crippen molar-refractivity contribution < 1.29 is 18.0 Å². The van der Waals surface area contributed by atoms with E-state index in [2.05, 4.69) is 16.2 Å². The van der Waals surface area contributed by atoms with Crippen molar-refractivity contribution >= 4 is 11.6 Å². The fourth-order valence-corrected chi connectivity index (χ4v) is 1.62. The van der Waals surface area contributed by atoms with Gasteiger partial charge in [-0.05, 0) is 24.3 Å². The summed E-state index contributed by atoms with van der Waals surface area (Å²) in [5.74, 6) is 1.74. The Morgan fingerprint density at radius 1 is 1.24 bits per heavy atom. The quantitative estimate of drug-likeness (QED) is 0.862. The predicted octanol–water partition coefficient (Wildman–Crippen LogP) is 3.33. The molecule has 0 aliphatic heterocycles. The van der Waals surface area contributed by atoms with Crippen LogP contribution in [0.25, 0.3) is 0 Å². The summed E-state index contributed by atoms with van der Waals surface area (Å²) in [6, 6.07) is 5.79. The lowest BCUT2D eigenvalue weighted by Crippen LogP contribution is -2.13. The van der Waals surface area contributed by atoms with Gasteiger partial charge in [-0.1, -0.05) is 12.0 Å². The molecule has 1 heterocycles. The summed E-state index contributed by atoms with van der Waals surface area (Å²) >= 11 is 0. The molecule has 0 unspecified atom stereocenters. The first-order valence-corrected chi connectivity index (χ1v) is 5.80. The van der Waals surface area contributed by atoms with Crippen LogP contribution in [0.5, 0.6) is 0 Å². The van der Waals surface area contributed by atoms with Gasteiger partial charge in [-0.2, -0.15) is 13.2 Å². The number of terminal acetylenes is 1. The van der Waals surface area contributed by atoms with E-state index in [1.54, 1.807) is 0 Å². The van der Waals surface area contributed by atoms with Crippen molar-refractivity contribution in [1.82, 2.24) is 4.98 Å². The van der Waals surface area contributed by atoms with E-state index < -0.39 is 17.6 Å². The number of nitrogens with zero attached hydrogens (tertiary/aromatic N) is 1. The number of hydrogen-bond donors (Lipinski definition) is 1. The highest BCUT2D eigenvalue weighted by molar-refractivity contribution is 6.04. The monoisotopic (exact) mass is 290 g/mol. The second-order valence-corrected chi connectivity index (χ2v) is 4.14. The zero-order valence-corrected chi connectivity index (χ0v) is 10.6. The lowest BCUT2D eigenvalue weighted by molar-refractivity contribution is -0.137. The highest BCUT2D eigenvalue weighted by Gasteiger charge is 2.30. The van der Waals surface area contributed by atoms with Crippen LogP contribution in [0.4, 0.5) is 18.9 Å². The van der Waals surface area contributed by atoms with Crippen molar-refractivity contribution in [2.75, 3.05) is 5.32 Å². The highest BCUT2D eigenvalue weighted by atomic mass is 19.4. The number of hydrogen-bond acceptors (Lipinski definition) is 2. The van der Waals surface area contributed by atoms with E-state index in [1.807, 2.05) is 0 Å². The van der Waals surface area contributed by atoms with Gasteiger partial charge in [0.1, 0.15) is 0 Å². The van der Waals surface area contributed by atoms with Crippen molar-refractivity contribution in [1.29, 1.82) is 0 Å². The minimum Gasteiger partial charge on any atom is -0.322 e. The van der Waals surface area contributed by atoms with Crippen LogP contribution in [0, 0.1) is 12.3 Å². The Labute approximate surface area is 118 Å². The molecule has 0 aliphatic rings. The molecular weight excluding hydrogens is 281 g/mol. The number of carbonyl (C=O) groups excluding carboxylic acids is 1. The van der Waals surface area contributed by atoms with E-state index >= 15 is 0 Å². The van der Waals surface area contributed by atoms with E-state index in [4.69, 9.17) is 6.42 Å². The second-order valence-electron chi connectivity index (χ2n) is 4.14. The van der Waals surface area contributed by atoms with Crippen LogP contribution in [-0.4, -0.2) is 10.9 Å². The first-order valence-electron chi connectivity index (χ1n) is 5.80. The SMILES string of the molecule is C#Cc1cncc(C(=O)Nc2cccc(C(F)(F)F)c2)c1. The average molecular weight is 290 g/mol. The van der Waals surface area contributed by atoms with Gasteiger partial charge in [0.2, 0.25) is 0 Å². The molecule has 0 radical (unpaired) electrons. The number of alkyl halides is 3. The van der Waals surface area contributed by atoms with Gasteiger partial charge in [0.25, 0.3) is 5.91 Å². The summed E-state index contributed by atoms with van der Waals surface area (Å²) < 4.78 is 37.7. The Kier molecular flexibility index (Phi) is 3.94. The van der Waals surface area contributed by atoms with Crippen LogP contribution in [0.2, 0.25) is 0 Å². The number of carbonyl (C=O) groups is 1. The molecule has 2 rings (SSSR count). The number of nitrogens with one attached hydrogen (secondary N) is 1. The van der Waals surface area contributed by atoms with Crippen LogP contribution < -0.4 is 5.32 Å². The molecule has 6 heteroatoms. The number of amides is 1. The van der Waals surface area contributed by atoms with E-state index in [-0.39, 0.29) is 11.3 Å². The van der Waals surface area contributed by atoms with Crippen molar-refractivity contribution in [2.45, 2.75) is 6.18 Å². The summed E-state index contributed by atoms with van der Waals surface area (Å²) in [5, 5.41) is 2.37. The molecule has 2 aromatic rings. The normalized spacial score (nSPS) is 10.8. The predicted molar refractivity (Wildman–Crippen MR) is 71.6 cm³/mol. The third-order valence-electron chi connectivity index (χ3n) is 2.61. The average Bonchev–Trinajstić information content (AvgIpc) is 2.46. The van der Waals surface area contributed by atoms with Crippen molar-refractivity contribution in [3.8, 4) is 12.3 Å². The van der Waals surface area contributed by atoms with Crippen molar-refractivity contribution in [3.05, 3.63) is 59.4 Å². The maximum Gasteiger partial charge on any atom is 0.416 e. The van der Waals surface area contributed by atoms with Gasteiger partial charge < -0.3 is 5.32 Å². The topological polar surface area (TPSA) is 42.0 Å². The van der Waals surface area contributed by atoms with Gasteiger partial charge in [0.05, 0.1) is 11.1 Å². The lowest BCUT2D eigenvalue weighted by Gasteiger charge is -2.09. The summed E-state index contributed by atoms with van der Waals surface area (Å²) in [6.07, 6.45) is 3.41. The third-order valence-corrected chi connectivity index (χ3v) is 2.61. The summed E-state index contributed by atoms with van der Waals surface area (Å²) in [7, 11) is 0. The maximum atomic E-state index is 12.6. The Balaban J connectivity index is 2.22. The number of rotatable bonds is 2. The number of aromatic nitrogens is 1. The summed E-state index contributed by atoms with van der Waals surface area (Å²) in [5.41, 5.74) is -0.216. The molecular formula is C15H9F3N2O. The molecule has 0 saturated carbocycles. The van der Waals surface area contributed by atoms with Gasteiger partial charge in [0.15, 0.2) is 0 Å². The zero-order valence-electron chi connectivity index (χ0n) is 10.6. The first kappa shape index (κ1) is 14.6. The third kappa shape index (κ3) is 3.60. The fourth-order valence-electron chi connectivity index (χ4n) is 1.62. The number of benzene rings is 1. The van der Waals surface area contributed by atoms with Gasteiger partial charge in [-0.15, -0.1) is 6.42 Å². The number of halogens is 3. The van der Waals surface area contributed by atoms with Crippen molar-refractivity contribution in [2.24, 2.45) is 0 Å². The molecule has 0 bridgehead atoms. The molecule has 1 aromatic carbocycles. The molecule has 0 aliphatic carbocycles. The zero-order chi connectivity index (χ0) is 15.5. The lowest BCUT2D eigenvalue weighted by atomic mass is 10.1. The van der Waals surface area contributed by atoms with E-state index in [9.17, 15) is 18.0 Å². The standard InChI is InChI=1S/C15H9F3N2O/c1-2-10-6-11(9-19-8-10)14(21)20-13-5-3-4-12(7-13)15(16,17)18/h1,3-9H,(H,20,21). The molecule has 0 spiro atoms. The maximum absolute atomic E-state index is 12.6. The smallest absolute Gasteiger partial charge is 0.322 e. The van der Waals surface area contributed by atoms with E-state index in [0.29, 0.717) is 5.56 Å². The van der Waals surface area contributed by atoms with E-state index in [1.165, 1.54) is 30.6 Å². The molecule has 21 heavy (non-hydrogen) atoms. The molecule has 106 valence electrons. The molecule has 1 amide bonds. The van der Waals surface area contributed by atoms with Crippen molar-refractivity contribution in [3.63, 3.8) is 0 Å². The molecule has 0 atom stereocenters. The van der Waals surface area contributed by atoms with Crippen LogP contribution in [0.15, 0.2) is 42.7 Å². The Morgan fingerprint density at radius 2 is 2.00 bits per heavy atom. The van der Waals surface area contributed by atoms with Crippen LogP contribution in [0.3, 0.4) is 0 Å². The molecule has 0 saturated heterocycles. The number of anilines is 1. The second kappa shape index (κ2) is 5.67. The Morgan fingerprint density at radius 3 is 2.67 bits per heavy atom. The van der Waals surface area contributed by atoms with Gasteiger partial charge in [-0.25, -0.2) is 0 Å².